The smallest absolute Gasteiger partial charge is 0.0622 e. The number of rotatable bonds is 5. The maximum atomic E-state index is 2.44. The maximum absolute atomic E-state index is 2.44. The highest BCUT2D eigenvalue weighted by atomic mass is 31.1. The highest BCUT2D eigenvalue weighted by Crippen LogP contribution is 2.57. The summed E-state index contributed by atoms with van der Waals surface area (Å²) in [4.78, 5) is 0. The van der Waals surface area contributed by atoms with Crippen molar-refractivity contribution in [2.24, 2.45) is 5.92 Å². The molecule has 0 saturated heterocycles. The van der Waals surface area contributed by atoms with Crippen LogP contribution in [0.4, 0.5) is 0 Å². The zero-order chi connectivity index (χ0) is 22.8. The Balaban J connectivity index is 1.93. The largest absolute Gasteiger partial charge is 0.142 e. The second kappa shape index (κ2) is 9.76. The van der Waals surface area contributed by atoms with Gasteiger partial charge in [-0.15, -0.1) is 0 Å². The van der Waals surface area contributed by atoms with Gasteiger partial charge in [-0.05, 0) is 56.2 Å². The lowest BCUT2D eigenvalue weighted by atomic mass is 9.85. The van der Waals surface area contributed by atoms with Gasteiger partial charge in [0.1, 0.15) is 24.7 Å². The van der Waals surface area contributed by atoms with Gasteiger partial charge in [-0.25, -0.2) is 0 Å². The van der Waals surface area contributed by atoms with Crippen molar-refractivity contribution >= 4 is 12.8 Å². The molecule has 3 aromatic rings. The van der Waals surface area contributed by atoms with Crippen molar-refractivity contribution in [3.63, 3.8) is 0 Å². The van der Waals surface area contributed by atoms with E-state index in [9.17, 15) is 0 Å². The number of hydrogen-bond donors (Lipinski definition) is 0. The Bertz CT molecular complexity index is 1120. The van der Waals surface area contributed by atoms with Gasteiger partial charge in [-0.3, -0.25) is 0 Å². The quantitative estimate of drug-likeness (QED) is 0.347. The molecule has 0 bridgehead atoms. The van der Waals surface area contributed by atoms with Crippen LogP contribution in [-0.4, -0.2) is 11.5 Å². The van der Waals surface area contributed by atoms with Crippen molar-refractivity contribution in [3.05, 3.63) is 106 Å². The van der Waals surface area contributed by atoms with E-state index in [2.05, 4.69) is 108 Å². The Morgan fingerprint density at radius 3 is 2.09 bits per heavy atom. The van der Waals surface area contributed by atoms with Gasteiger partial charge >= 0.3 is 0 Å². The summed E-state index contributed by atoms with van der Waals surface area (Å²) >= 11 is 0. The molecule has 32 heavy (non-hydrogen) atoms. The predicted molar refractivity (Wildman–Crippen MR) is 144 cm³/mol. The van der Waals surface area contributed by atoms with E-state index < -0.39 is 0 Å². The second-order valence-corrected chi connectivity index (χ2v) is 12.7. The lowest BCUT2D eigenvalue weighted by Crippen LogP contribution is -2.20. The highest BCUT2D eigenvalue weighted by Gasteiger charge is 2.41. The monoisotopic (exact) mass is 441 g/mol. The van der Waals surface area contributed by atoms with Crippen LogP contribution in [0.1, 0.15) is 77.2 Å². The summed E-state index contributed by atoms with van der Waals surface area (Å²) in [6, 6.07) is 25.5. The summed E-state index contributed by atoms with van der Waals surface area (Å²) in [7, 11) is -0.243. The molecule has 0 amide bonds. The van der Waals surface area contributed by atoms with Crippen molar-refractivity contribution in [3.8, 4) is 0 Å². The second-order valence-electron chi connectivity index (χ2n) is 10.2. The topological polar surface area (TPSA) is 0 Å². The van der Waals surface area contributed by atoms with Gasteiger partial charge in [-0.1, -0.05) is 91.7 Å². The molecular formula is C31H38P+. The molecule has 166 valence electrons. The number of benzene rings is 3. The van der Waals surface area contributed by atoms with Crippen LogP contribution in [0.2, 0.25) is 0 Å². The van der Waals surface area contributed by atoms with Crippen LogP contribution >= 0.6 is 7.55 Å². The van der Waals surface area contributed by atoms with Crippen LogP contribution in [-0.2, 0) is 0 Å². The van der Waals surface area contributed by atoms with Gasteiger partial charge in [-0.2, -0.15) is 0 Å². The molecule has 0 nitrogen and oxygen atoms in total. The lowest BCUT2D eigenvalue weighted by Gasteiger charge is -2.29. The van der Waals surface area contributed by atoms with E-state index in [0.717, 1.165) is 0 Å². The van der Waals surface area contributed by atoms with E-state index in [1.807, 2.05) is 0 Å². The van der Waals surface area contributed by atoms with Gasteiger partial charge in [0.25, 0.3) is 0 Å². The molecule has 4 rings (SSSR count). The van der Waals surface area contributed by atoms with E-state index in [1.54, 1.807) is 10.9 Å². The fraction of sp³-hybridized carbons (Fsp3) is 0.387. The minimum absolute atomic E-state index is 0.243. The summed E-state index contributed by atoms with van der Waals surface area (Å²) in [6.45, 7) is 13.9. The molecule has 3 unspecified atom stereocenters. The van der Waals surface area contributed by atoms with Crippen molar-refractivity contribution in [2.45, 2.75) is 66.0 Å². The first-order valence-corrected chi connectivity index (χ1v) is 13.7. The molecule has 0 spiro atoms. The highest BCUT2D eigenvalue weighted by molar-refractivity contribution is 7.60. The van der Waals surface area contributed by atoms with Crippen molar-refractivity contribution in [1.29, 1.82) is 0 Å². The minimum Gasteiger partial charge on any atom is -0.0622 e. The van der Waals surface area contributed by atoms with Gasteiger partial charge in [0.2, 0.25) is 0 Å². The molecule has 0 radical (unpaired) electrons. The van der Waals surface area contributed by atoms with E-state index in [4.69, 9.17) is 0 Å². The number of aryl methyl sites for hydroxylation is 4. The Labute approximate surface area is 196 Å². The van der Waals surface area contributed by atoms with Gasteiger partial charge in [0.05, 0.1) is 0 Å². The lowest BCUT2D eigenvalue weighted by molar-refractivity contribution is 0.621. The minimum atomic E-state index is -0.243. The zero-order valence-corrected chi connectivity index (χ0v) is 21.5. The van der Waals surface area contributed by atoms with Crippen LogP contribution in [0, 0.1) is 33.6 Å². The molecule has 1 aliphatic rings. The summed E-state index contributed by atoms with van der Waals surface area (Å²) in [5.74, 6) is 1.30. The fourth-order valence-electron chi connectivity index (χ4n) is 5.53. The predicted octanol–water partition coefficient (Wildman–Crippen LogP) is 8.90. The molecule has 3 aromatic carbocycles. The Morgan fingerprint density at radius 1 is 0.812 bits per heavy atom. The average molecular weight is 442 g/mol. The summed E-state index contributed by atoms with van der Waals surface area (Å²) in [5.41, 5.74) is 10.9. The van der Waals surface area contributed by atoms with Crippen LogP contribution in [0.25, 0.3) is 0 Å². The fourth-order valence-corrected chi connectivity index (χ4v) is 9.31. The first kappa shape index (κ1) is 23.0. The normalized spacial score (nSPS) is 20.1. The molecule has 1 aliphatic heterocycles. The molecule has 0 aromatic heterocycles. The van der Waals surface area contributed by atoms with Crippen LogP contribution in [0.15, 0.2) is 66.7 Å². The molecule has 1 heterocycles. The third-order valence-electron chi connectivity index (χ3n) is 6.98. The van der Waals surface area contributed by atoms with E-state index >= 15 is 0 Å². The molecule has 3 atom stereocenters. The first-order chi connectivity index (χ1) is 15.3. The van der Waals surface area contributed by atoms with Crippen LogP contribution < -0.4 is 0 Å². The van der Waals surface area contributed by atoms with Crippen LogP contribution in [0.5, 0.6) is 0 Å². The molecule has 0 N–H and O–H groups in total. The first-order valence-electron chi connectivity index (χ1n) is 12.2. The Morgan fingerprint density at radius 2 is 1.47 bits per heavy atom. The molecular weight excluding hydrogens is 403 g/mol. The summed E-state index contributed by atoms with van der Waals surface area (Å²) < 4.78 is 0. The van der Waals surface area contributed by atoms with E-state index in [-0.39, 0.29) is 7.55 Å². The number of hydrogen-bond acceptors (Lipinski definition) is 0. The van der Waals surface area contributed by atoms with Gasteiger partial charge in [0, 0.05) is 24.0 Å². The molecule has 0 aliphatic carbocycles. The van der Waals surface area contributed by atoms with E-state index in [0.29, 0.717) is 17.5 Å². The Hall–Kier alpha value is -2.17. The van der Waals surface area contributed by atoms with E-state index in [1.165, 1.54) is 52.4 Å². The van der Waals surface area contributed by atoms with Gasteiger partial charge < -0.3 is 0 Å². The van der Waals surface area contributed by atoms with Crippen molar-refractivity contribution < 1.29 is 0 Å². The molecule has 1 heteroatoms. The zero-order valence-electron chi connectivity index (χ0n) is 20.7. The third kappa shape index (κ3) is 4.92. The standard InChI is InChI=1S/C31H38P/c1-21(2)20-32-30(28-14-12-22(3)16-24(28)5)18-27(26-10-8-7-9-11-26)19-31(32)29-15-13-23(4)17-25(29)6/h7-17,21,27,30H,18-20H2,1-6H3/q+1. The average Bonchev–Trinajstić information content (AvgIpc) is 2.75. The summed E-state index contributed by atoms with van der Waals surface area (Å²) in [6.07, 6.45) is 3.78. The summed E-state index contributed by atoms with van der Waals surface area (Å²) in [5, 5.41) is 1.75. The van der Waals surface area contributed by atoms with Crippen molar-refractivity contribution in [1.82, 2.24) is 0 Å². The van der Waals surface area contributed by atoms with Gasteiger partial charge in [0.15, 0.2) is 0 Å². The third-order valence-corrected chi connectivity index (χ3v) is 10.5. The molecule has 0 saturated carbocycles. The Kier molecular flexibility index (Phi) is 7.02. The SMILES string of the molecule is Cc1ccc(C2=[P+](CC(C)C)C(c3ccc(C)cc3C)CC(c3ccccc3)C2)c(C)c1. The maximum Gasteiger partial charge on any atom is 0.142 e. The molecule has 0 fully saturated rings. The van der Waals surface area contributed by atoms with Crippen LogP contribution in [0.3, 0.4) is 0 Å². The van der Waals surface area contributed by atoms with Crippen molar-refractivity contribution in [2.75, 3.05) is 6.16 Å².